The summed E-state index contributed by atoms with van der Waals surface area (Å²) in [5.41, 5.74) is -0.138. The van der Waals surface area contributed by atoms with Crippen LogP contribution in [0.3, 0.4) is 0 Å². The Morgan fingerprint density at radius 2 is 2.10 bits per heavy atom. The smallest absolute Gasteiger partial charge is 0.327 e. The number of rotatable bonds is 6. The fourth-order valence-corrected chi connectivity index (χ4v) is 8.29. The van der Waals surface area contributed by atoms with Gasteiger partial charge in [-0.25, -0.2) is 25.9 Å². The average molecular weight is 792 g/mol. The van der Waals surface area contributed by atoms with E-state index < -0.39 is 68.6 Å². The number of nitrogens with zero attached hydrogens (tertiary/aromatic N) is 7. The number of hydrogen-bond acceptors (Lipinski definition) is 14. The van der Waals surface area contributed by atoms with Crippen LogP contribution < -0.4 is 10.9 Å². The SMILES string of the molecule is [C-]#[N+]CCOP1(=S)OCCn2c(nc3cc(Cl)cnc32)COP(O)(=S)O[C@@H]2[C@H](F)[C@@H](CO1)O[C@H]2n1cnc2c(=O)[nH]c(NC(=O)C(C)C)nc21. The number of fused-ring (bicyclic) bond motifs is 6. The van der Waals surface area contributed by atoms with Crippen molar-refractivity contribution in [3.63, 3.8) is 0 Å². The predicted octanol–water partition coefficient (Wildman–Crippen LogP) is 3.37. The van der Waals surface area contributed by atoms with E-state index >= 15 is 4.39 Å². The van der Waals surface area contributed by atoms with E-state index in [9.17, 15) is 14.5 Å². The van der Waals surface area contributed by atoms with Crippen molar-refractivity contribution in [2.75, 3.05) is 31.7 Å². The van der Waals surface area contributed by atoms with Crippen molar-refractivity contribution in [3.05, 3.63) is 51.2 Å². The molecule has 1 amide bonds. The van der Waals surface area contributed by atoms with Crippen molar-refractivity contribution in [3.8, 4) is 0 Å². The summed E-state index contributed by atoms with van der Waals surface area (Å²) in [6, 6.07) is 1.58. The minimum absolute atomic E-state index is 0.0341. The Kier molecular flexibility index (Phi) is 11.1. The van der Waals surface area contributed by atoms with Gasteiger partial charge >= 0.3 is 13.4 Å². The van der Waals surface area contributed by atoms with Crippen LogP contribution in [0.2, 0.25) is 5.02 Å². The van der Waals surface area contributed by atoms with Crippen LogP contribution in [0, 0.1) is 12.5 Å². The zero-order valence-electron chi connectivity index (χ0n) is 26.2. The maximum Gasteiger partial charge on any atom is 0.327 e. The number of ether oxygens (including phenoxy) is 1. The van der Waals surface area contributed by atoms with Crippen molar-refractivity contribution in [1.82, 2.24) is 34.1 Å². The molecule has 6 atom stereocenters. The van der Waals surface area contributed by atoms with Gasteiger partial charge in [0.1, 0.15) is 36.8 Å². The minimum Gasteiger partial charge on any atom is -0.346 e. The van der Waals surface area contributed by atoms with Crippen molar-refractivity contribution in [1.29, 1.82) is 0 Å². The first-order valence-corrected chi connectivity index (χ1v) is 20.4. The number of imidazole rings is 2. The van der Waals surface area contributed by atoms with Crippen LogP contribution in [0.5, 0.6) is 0 Å². The normalized spacial score (nSPS) is 27.9. The molecule has 2 aliphatic rings. The maximum atomic E-state index is 16.4. The lowest BCUT2D eigenvalue weighted by molar-refractivity contribution is -0.118. The molecule has 3 N–H and O–H groups in total. The van der Waals surface area contributed by atoms with E-state index in [1.54, 1.807) is 24.5 Å². The molecule has 4 aromatic heterocycles. The second kappa shape index (κ2) is 15.0. The summed E-state index contributed by atoms with van der Waals surface area (Å²) in [4.78, 5) is 59.4. The number of aromatic nitrogens is 7. The monoisotopic (exact) mass is 791 g/mol. The Bertz CT molecular complexity index is 2130. The highest BCUT2D eigenvalue weighted by Gasteiger charge is 2.50. The van der Waals surface area contributed by atoms with Gasteiger partial charge in [-0.2, -0.15) is 4.98 Å². The van der Waals surface area contributed by atoms with Gasteiger partial charge in [0.15, 0.2) is 29.2 Å². The summed E-state index contributed by atoms with van der Waals surface area (Å²) in [6.45, 7) is 1.49. The molecule has 2 aliphatic heterocycles. The highest BCUT2D eigenvalue weighted by Crippen LogP contribution is 2.53. The Morgan fingerprint density at radius 3 is 2.86 bits per heavy atom. The van der Waals surface area contributed by atoms with Gasteiger partial charge in [0.2, 0.25) is 18.4 Å². The molecule has 0 saturated carbocycles. The number of halogens is 2. The van der Waals surface area contributed by atoms with Gasteiger partial charge in [-0.05, 0) is 29.7 Å². The summed E-state index contributed by atoms with van der Waals surface area (Å²) in [6.07, 6.45) is -3.97. The fourth-order valence-electron chi connectivity index (χ4n) is 5.02. The zero-order valence-corrected chi connectivity index (χ0v) is 30.3. The minimum atomic E-state index is -4.26. The molecule has 2 bridgehead atoms. The number of aromatic amines is 1. The molecule has 24 heteroatoms. The zero-order chi connectivity index (χ0) is 35.8. The lowest BCUT2D eigenvalue weighted by Gasteiger charge is -2.25. The molecule has 50 heavy (non-hydrogen) atoms. The van der Waals surface area contributed by atoms with Crippen molar-refractivity contribution < 1.29 is 41.4 Å². The van der Waals surface area contributed by atoms with Gasteiger partial charge in [0.05, 0.1) is 24.6 Å². The number of anilines is 1. The average Bonchev–Trinajstić information content (AvgIpc) is 3.72. The topological polar surface area (TPSA) is 203 Å². The van der Waals surface area contributed by atoms with Crippen molar-refractivity contribution in [2.45, 2.75) is 51.6 Å². The largest absolute Gasteiger partial charge is 0.346 e. The third kappa shape index (κ3) is 7.97. The summed E-state index contributed by atoms with van der Waals surface area (Å²) in [7, 11) is 0. The molecule has 6 rings (SSSR count). The number of pyridine rings is 1. The Labute approximate surface area is 297 Å². The standard InChI is InChI=1S/C26H29ClFN9O9P2S2/c1-13(2)23(38)34-26-33-22-19(24(39)35-26)31-12-37(22)25-20-18(28)16(45-25)10-44-48(50,41-6-4-29-3)42-7-5-36-17(11-43-47(40,49)46-20)32-15-8-14(27)9-30-21(15)36/h8-9,12-13,16,18,20,25H,4-7,10-11H2,1-2H3,(H,40,49)(H2,33,34,35,38,39)/t16-,18-,20-,25-,47?,48?/m1/s1. The number of alkyl halides is 1. The Hall–Kier alpha value is -2.83. The summed E-state index contributed by atoms with van der Waals surface area (Å²) in [5.74, 6) is -0.795. The van der Waals surface area contributed by atoms with Crippen LogP contribution in [-0.2, 0) is 68.9 Å². The number of H-pyrrole nitrogens is 1. The van der Waals surface area contributed by atoms with Crippen molar-refractivity contribution >= 4 is 82.8 Å². The van der Waals surface area contributed by atoms with Gasteiger partial charge < -0.3 is 37.1 Å². The first-order valence-electron chi connectivity index (χ1n) is 14.9. The van der Waals surface area contributed by atoms with E-state index in [0.717, 1.165) is 0 Å². The molecule has 0 aromatic carbocycles. The third-order valence-electron chi connectivity index (χ3n) is 7.39. The second-order valence-electron chi connectivity index (χ2n) is 11.2. The third-order valence-corrected chi connectivity index (χ3v) is 11.6. The van der Waals surface area contributed by atoms with Crippen LogP contribution in [0.25, 0.3) is 27.2 Å². The van der Waals surface area contributed by atoms with Crippen LogP contribution in [0.1, 0.15) is 25.9 Å². The summed E-state index contributed by atoms with van der Waals surface area (Å²) in [5, 5.41) is 2.84. The van der Waals surface area contributed by atoms with Gasteiger partial charge in [-0.1, -0.05) is 25.4 Å². The highest BCUT2D eigenvalue weighted by atomic mass is 35.5. The highest BCUT2D eigenvalue weighted by molar-refractivity contribution is 8.07. The molecular formula is C26H29ClFN9O9P2S2. The summed E-state index contributed by atoms with van der Waals surface area (Å²) < 4.78 is 54.2. The molecule has 0 aliphatic carbocycles. The summed E-state index contributed by atoms with van der Waals surface area (Å²) >= 11 is 17.1. The van der Waals surface area contributed by atoms with Crippen molar-refractivity contribution in [2.24, 2.45) is 5.92 Å². The van der Waals surface area contributed by atoms with Crippen LogP contribution in [0.15, 0.2) is 23.4 Å². The van der Waals surface area contributed by atoms with E-state index in [0.29, 0.717) is 16.2 Å². The molecule has 1 saturated heterocycles. The number of carbonyl (C=O) groups is 1. The Balaban J connectivity index is 1.38. The van der Waals surface area contributed by atoms with Gasteiger partial charge in [-0.3, -0.25) is 29.0 Å². The molecule has 0 radical (unpaired) electrons. The van der Waals surface area contributed by atoms with E-state index in [1.165, 1.54) is 17.1 Å². The molecule has 2 unspecified atom stereocenters. The maximum absolute atomic E-state index is 16.4. The first kappa shape index (κ1) is 36.9. The molecule has 268 valence electrons. The lowest BCUT2D eigenvalue weighted by atomic mass is 10.1. The second-order valence-corrected chi connectivity index (χ2v) is 17.4. The van der Waals surface area contributed by atoms with Gasteiger partial charge in [-0.15, -0.1) is 0 Å². The molecule has 4 aromatic rings. The molecule has 6 heterocycles. The number of hydrogen-bond donors (Lipinski definition) is 3. The molecule has 1 fully saturated rings. The molecule has 18 nitrogen and oxygen atoms in total. The van der Waals surface area contributed by atoms with Crippen LogP contribution in [-0.4, -0.2) is 89.6 Å². The van der Waals surface area contributed by atoms with Gasteiger partial charge in [0.25, 0.3) is 5.56 Å². The number of amides is 1. The molecule has 0 spiro atoms. The Morgan fingerprint density at radius 1 is 1.30 bits per heavy atom. The van der Waals surface area contributed by atoms with E-state index in [-0.39, 0.29) is 49.2 Å². The quantitative estimate of drug-likeness (QED) is 0.146. The van der Waals surface area contributed by atoms with Gasteiger partial charge in [0, 0.05) is 18.7 Å². The van der Waals surface area contributed by atoms with E-state index in [1.807, 2.05) is 0 Å². The lowest BCUT2D eigenvalue weighted by Crippen LogP contribution is -2.32. The van der Waals surface area contributed by atoms with E-state index in [2.05, 4.69) is 35.1 Å². The number of carbonyl (C=O) groups excluding carboxylic acids is 1. The number of nitrogens with one attached hydrogen (secondary N) is 2. The van der Waals surface area contributed by atoms with Crippen LogP contribution in [0.4, 0.5) is 10.3 Å². The van der Waals surface area contributed by atoms with Crippen LogP contribution >= 0.6 is 25.0 Å². The van der Waals surface area contributed by atoms with E-state index in [4.69, 9.17) is 69.1 Å². The predicted molar refractivity (Wildman–Crippen MR) is 183 cm³/mol. The first-order chi connectivity index (χ1) is 23.8. The fraction of sp³-hybridized carbons (Fsp3) is 0.500. The molecular weight excluding hydrogens is 763 g/mol.